The van der Waals surface area contributed by atoms with Crippen LogP contribution in [0.5, 0.6) is 0 Å². The van der Waals surface area contributed by atoms with Crippen LogP contribution in [0.2, 0.25) is 0 Å². The third kappa shape index (κ3) is 3.05. The van der Waals surface area contributed by atoms with Gasteiger partial charge in [0.15, 0.2) is 5.78 Å². The van der Waals surface area contributed by atoms with Gasteiger partial charge in [-0.05, 0) is 55.7 Å². The van der Waals surface area contributed by atoms with Crippen molar-refractivity contribution < 1.29 is 4.79 Å². The number of carbonyl (C=O) groups is 1. The van der Waals surface area contributed by atoms with E-state index in [2.05, 4.69) is 6.08 Å². The quantitative estimate of drug-likeness (QED) is 0.632. The predicted molar refractivity (Wildman–Crippen MR) is 62.7 cm³/mol. The standard InChI is InChI=1S/C14H20O/c15-14-10-6-9-13(11-14)12-7-4-2-1-3-5-8-12/h7,11H,1-6,8-10H2. The largest absolute Gasteiger partial charge is 0.295 e. The third-order valence-electron chi connectivity index (χ3n) is 3.41. The summed E-state index contributed by atoms with van der Waals surface area (Å²) in [5, 5.41) is 0. The van der Waals surface area contributed by atoms with Crippen LogP contribution in [0.3, 0.4) is 0 Å². The van der Waals surface area contributed by atoms with Crippen LogP contribution in [0.4, 0.5) is 0 Å². The van der Waals surface area contributed by atoms with Crippen LogP contribution < -0.4 is 0 Å². The van der Waals surface area contributed by atoms with Crippen LogP contribution in [0.25, 0.3) is 0 Å². The maximum atomic E-state index is 11.4. The highest BCUT2D eigenvalue weighted by Gasteiger charge is 2.13. The molecule has 0 aromatic heterocycles. The SMILES string of the molecule is O=C1C=C(C2=CCCCCCC2)CCC1. The van der Waals surface area contributed by atoms with Gasteiger partial charge in [-0.25, -0.2) is 0 Å². The molecule has 82 valence electrons. The Morgan fingerprint density at radius 1 is 0.800 bits per heavy atom. The summed E-state index contributed by atoms with van der Waals surface area (Å²) in [7, 11) is 0. The number of ketones is 1. The molecule has 1 heteroatoms. The summed E-state index contributed by atoms with van der Waals surface area (Å²) >= 11 is 0. The average molecular weight is 204 g/mol. The first-order valence-electron chi connectivity index (χ1n) is 6.29. The van der Waals surface area contributed by atoms with Gasteiger partial charge < -0.3 is 0 Å². The molecule has 0 spiro atoms. The van der Waals surface area contributed by atoms with Gasteiger partial charge in [-0.1, -0.05) is 18.9 Å². The van der Waals surface area contributed by atoms with Gasteiger partial charge in [-0.3, -0.25) is 4.79 Å². The van der Waals surface area contributed by atoms with Gasteiger partial charge in [0.1, 0.15) is 0 Å². The van der Waals surface area contributed by atoms with E-state index < -0.39 is 0 Å². The zero-order valence-corrected chi connectivity index (χ0v) is 9.43. The second-order valence-corrected chi connectivity index (χ2v) is 4.67. The first kappa shape index (κ1) is 10.7. The fraction of sp³-hybridized carbons (Fsp3) is 0.643. The lowest BCUT2D eigenvalue weighted by Crippen LogP contribution is -2.05. The summed E-state index contributed by atoms with van der Waals surface area (Å²) in [6.07, 6.45) is 15.0. The fourth-order valence-corrected chi connectivity index (χ4v) is 2.53. The lowest BCUT2D eigenvalue weighted by atomic mass is 9.88. The number of carbonyl (C=O) groups excluding carboxylic acids is 1. The van der Waals surface area contributed by atoms with Gasteiger partial charge in [0.2, 0.25) is 0 Å². The summed E-state index contributed by atoms with van der Waals surface area (Å²) in [5.41, 5.74) is 2.82. The Morgan fingerprint density at radius 3 is 2.47 bits per heavy atom. The number of hydrogen-bond acceptors (Lipinski definition) is 1. The summed E-state index contributed by atoms with van der Waals surface area (Å²) in [4.78, 5) is 11.4. The zero-order valence-electron chi connectivity index (χ0n) is 9.43. The molecule has 0 bridgehead atoms. The molecule has 15 heavy (non-hydrogen) atoms. The second-order valence-electron chi connectivity index (χ2n) is 4.67. The van der Waals surface area contributed by atoms with Crippen LogP contribution in [0.15, 0.2) is 23.3 Å². The van der Waals surface area contributed by atoms with Crippen molar-refractivity contribution in [2.45, 2.75) is 57.8 Å². The highest BCUT2D eigenvalue weighted by atomic mass is 16.1. The molecule has 0 heterocycles. The summed E-state index contributed by atoms with van der Waals surface area (Å²) in [5.74, 6) is 0.333. The molecule has 0 amide bonds. The van der Waals surface area contributed by atoms with Crippen molar-refractivity contribution in [1.82, 2.24) is 0 Å². The molecule has 0 radical (unpaired) electrons. The highest BCUT2D eigenvalue weighted by Crippen LogP contribution is 2.28. The minimum atomic E-state index is 0.333. The molecular formula is C14H20O. The van der Waals surface area contributed by atoms with Gasteiger partial charge >= 0.3 is 0 Å². The Kier molecular flexibility index (Phi) is 3.76. The maximum Gasteiger partial charge on any atom is 0.155 e. The Hall–Kier alpha value is -0.850. The topological polar surface area (TPSA) is 17.1 Å². The van der Waals surface area contributed by atoms with Crippen molar-refractivity contribution in [1.29, 1.82) is 0 Å². The molecule has 0 saturated carbocycles. The third-order valence-corrected chi connectivity index (χ3v) is 3.41. The van der Waals surface area contributed by atoms with Crippen molar-refractivity contribution in [3.05, 3.63) is 23.3 Å². The van der Waals surface area contributed by atoms with Crippen molar-refractivity contribution >= 4 is 5.78 Å². The Balaban J connectivity index is 2.09. The Morgan fingerprint density at radius 2 is 1.60 bits per heavy atom. The molecule has 2 aliphatic carbocycles. The predicted octanol–water partition coefficient (Wildman–Crippen LogP) is 3.95. The van der Waals surface area contributed by atoms with E-state index in [4.69, 9.17) is 0 Å². The van der Waals surface area contributed by atoms with Gasteiger partial charge in [0.05, 0.1) is 0 Å². The minimum Gasteiger partial charge on any atom is -0.295 e. The van der Waals surface area contributed by atoms with Gasteiger partial charge in [-0.2, -0.15) is 0 Å². The molecule has 0 N–H and O–H groups in total. The van der Waals surface area contributed by atoms with Crippen LogP contribution >= 0.6 is 0 Å². The van der Waals surface area contributed by atoms with Crippen molar-refractivity contribution in [3.8, 4) is 0 Å². The van der Waals surface area contributed by atoms with E-state index in [1.165, 1.54) is 49.7 Å². The molecule has 2 rings (SSSR count). The van der Waals surface area contributed by atoms with E-state index in [9.17, 15) is 4.79 Å². The van der Waals surface area contributed by atoms with Gasteiger partial charge in [0, 0.05) is 6.42 Å². The Bertz CT molecular complexity index is 296. The monoisotopic (exact) mass is 204 g/mol. The first-order valence-corrected chi connectivity index (χ1v) is 6.29. The van der Waals surface area contributed by atoms with E-state index in [1.54, 1.807) is 0 Å². The van der Waals surface area contributed by atoms with Gasteiger partial charge in [-0.15, -0.1) is 0 Å². The van der Waals surface area contributed by atoms with E-state index in [1.807, 2.05) is 6.08 Å². The fourth-order valence-electron chi connectivity index (χ4n) is 2.53. The molecule has 1 nitrogen and oxygen atoms in total. The van der Waals surface area contributed by atoms with Crippen LogP contribution in [-0.4, -0.2) is 5.78 Å². The lowest BCUT2D eigenvalue weighted by Gasteiger charge is -2.17. The van der Waals surface area contributed by atoms with E-state index in [-0.39, 0.29) is 0 Å². The van der Waals surface area contributed by atoms with E-state index in [0.717, 1.165) is 19.3 Å². The molecule has 0 saturated heterocycles. The van der Waals surface area contributed by atoms with Gasteiger partial charge in [0.25, 0.3) is 0 Å². The van der Waals surface area contributed by atoms with Crippen molar-refractivity contribution in [2.75, 3.05) is 0 Å². The van der Waals surface area contributed by atoms with Crippen LogP contribution in [-0.2, 0) is 4.79 Å². The second kappa shape index (κ2) is 5.29. The van der Waals surface area contributed by atoms with E-state index >= 15 is 0 Å². The van der Waals surface area contributed by atoms with Crippen molar-refractivity contribution in [3.63, 3.8) is 0 Å². The lowest BCUT2D eigenvalue weighted by molar-refractivity contribution is -0.115. The highest BCUT2D eigenvalue weighted by molar-refractivity contribution is 5.91. The molecule has 0 aliphatic heterocycles. The zero-order chi connectivity index (χ0) is 10.5. The summed E-state index contributed by atoms with van der Waals surface area (Å²) in [6.45, 7) is 0. The normalized spacial score (nSPS) is 23.9. The average Bonchev–Trinajstić information content (AvgIpc) is 2.16. The Labute approximate surface area is 92.3 Å². The molecule has 0 atom stereocenters. The molecule has 0 unspecified atom stereocenters. The van der Waals surface area contributed by atoms with Crippen molar-refractivity contribution in [2.24, 2.45) is 0 Å². The van der Waals surface area contributed by atoms with E-state index in [0.29, 0.717) is 5.78 Å². The minimum absolute atomic E-state index is 0.333. The van der Waals surface area contributed by atoms with Crippen LogP contribution in [0, 0.1) is 0 Å². The number of rotatable bonds is 1. The first-order chi connectivity index (χ1) is 7.36. The maximum absolute atomic E-state index is 11.4. The number of hydrogen-bond donors (Lipinski definition) is 0. The smallest absolute Gasteiger partial charge is 0.155 e. The molecule has 0 aromatic carbocycles. The van der Waals surface area contributed by atoms with Crippen LogP contribution in [0.1, 0.15) is 57.8 Å². The molecule has 0 fully saturated rings. The summed E-state index contributed by atoms with van der Waals surface area (Å²) < 4.78 is 0. The number of allylic oxidation sites excluding steroid dienone is 4. The molecule has 2 aliphatic rings. The summed E-state index contributed by atoms with van der Waals surface area (Å²) in [6, 6.07) is 0. The molecule has 0 aromatic rings. The molecular weight excluding hydrogens is 184 g/mol.